The van der Waals surface area contributed by atoms with Gasteiger partial charge in [0, 0.05) is 5.56 Å². The molecule has 0 aromatic heterocycles. The fourth-order valence-electron chi connectivity index (χ4n) is 1.61. The summed E-state index contributed by atoms with van der Waals surface area (Å²) in [6.07, 6.45) is 0. The van der Waals surface area contributed by atoms with Crippen molar-refractivity contribution in [2.24, 2.45) is 0 Å². The molecule has 0 amide bonds. The summed E-state index contributed by atoms with van der Waals surface area (Å²) in [7, 11) is 0. The third-order valence-electron chi connectivity index (χ3n) is 2.52. The molecule has 0 radical (unpaired) electrons. The van der Waals surface area contributed by atoms with Crippen LogP contribution in [0.1, 0.15) is 11.1 Å². The number of benzene rings is 2. The molecule has 0 aliphatic heterocycles. The number of nitriles is 2. The zero-order chi connectivity index (χ0) is 13.1. The lowest BCUT2D eigenvalue weighted by atomic mass is 10.0. The average Bonchev–Trinajstić information content (AvgIpc) is 2.42. The minimum Gasteiger partial charge on any atom is -0.506 e. The molecule has 2 aromatic rings. The van der Waals surface area contributed by atoms with Crippen LogP contribution in [0.2, 0.25) is 0 Å². The number of hydrogen-bond donors (Lipinski definition) is 1. The summed E-state index contributed by atoms with van der Waals surface area (Å²) in [5, 5.41) is 27.6. The maximum absolute atomic E-state index is 9.98. The SMILES string of the molecule is N#Cc1ccc(-c2cc(C#N)cc(Br)c2O)cc1. The average molecular weight is 299 g/mol. The van der Waals surface area contributed by atoms with Crippen LogP contribution in [0.5, 0.6) is 5.75 Å². The lowest BCUT2D eigenvalue weighted by Crippen LogP contribution is -1.84. The molecular formula is C14H7BrN2O. The summed E-state index contributed by atoms with van der Waals surface area (Å²) >= 11 is 3.21. The molecule has 18 heavy (non-hydrogen) atoms. The number of aromatic hydroxyl groups is 1. The van der Waals surface area contributed by atoms with Gasteiger partial charge in [-0.1, -0.05) is 12.1 Å². The van der Waals surface area contributed by atoms with E-state index in [4.69, 9.17) is 10.5 Å². The van der Waals surface area contributed by atoms with E-state index in [2.05, 4.69) is 15.9 Å². The van der Waals surface area contributed by atoms with Crippen LogP contribution in [-0.2, 0) is 0 Å². The molecule has 3 nitrogen and oxygen atoms in total. The van der Waals surface area contributed by atoms with E-state index in [1.165, 1.54) is 0 Å². The Morgan fingerprint density at radius 2 is 1.56 bits per heavy atom. The molecule has 0 spiro atoms. The highest BCUT2D eigenvalue weighted by atomic mass is 79.9. The van der Waals surface area contributed by atoms with Gasteiger partial charge in [0.05, 0.1) is 27.7 Å². The van der Waals surface area contributed by atoms with Crippen LogP contribution in [0.4, 0.5) is 0 Å². The van der Waals surface area contributed by atoms with Gasteiger partial charge in [-0.05, 0) is 45.8 Å². The van der Waals surface area contributed by atoms with Gasteiger partial charge in [-0.25, -0.2) is 0 Å². The van der Waals surface area contributed by atoms with Crippen molar-refractivity contribution < 1.29 is 5.11 Å². The third kappa shape index (κ3) is 2.20. The first-order valence-corrected chi connectivity index (χ1v) is 5.88. The van der Waals surface area contributed by atoms with Gasteiger partial charge in [0.15, 0.2) is 0 Å². The smallest absolute Gasteiger partial charge is 0.137 e. The molecule has 0 heterocycles. The Balaban J connectivity index is 2.60. The molecule has 0 saturated heterocycles. The highest BCUT2D eigenvalue weighted by Gasteiger charge is 2.10. The van der Waals surface area contributed by atoms with E-state index < -0.39 is 0 Å². The van der Waals surface area contributed by atoms with Crippen molar-refractivity contribution in [3.63, 3.8) is 0 Å². The molecule has 0 fully saturated rings. The Hall–Kier alpha value is -2.30. The fourth-order valence-corrected chi connectivity index (χ4v) is 2.07. The molecule has 0 bridgehead atoms. The first-order valence-electron chi connectivity index (χ1n) is 5.09. The summed E-state index contributed by atoms with van der Waals surface area (Å²) < 4.78 is 0.473. The normalized spacial score (nSPS) is 9.50. The van der Waals surface area contributed by atoms with Crippen LogP contribution >= 0.6 is 15.9 Å². The number of halogens is 1. The highest BCUT2D eigenvalue weighted by Crippen LogP contribution is 2.36. The van der Waals surface area contributed by atoms with E-state index in [1.807, 2.05) is 12.1 Å². The van der Waals surface area contributed by atoms with E-state index in [1.54, 1.807) is 36.4 Å². The molecular weight excluding hydrogens is 292 g/mol. The lowest BCUT2D eigenvalue weighted by Gasteiger charge is -2.07. The Morgan fingerprint density at radius 3 is 2.11 bits per heavy atom. The van der Waals surface area contributed by atoms with Gasteiger partial charge >= 0.3 is 0 Å². The summed E-state index contributed by atoms with van der Waals surface area (Å²) in [5.41, 5.74) is 2.32. The Labute approximate surface area is 113 Å². The first kappa shape index (κ1) is 12.2. The predicted molar refractivity (Wildman–Crippen MR) is 70.7 cm³/mol. The quantitative estimate of drug-likeness (QED) is 0.875. The lowest BCUT2D eigenvalue weighted by molar-refractivity contribution is 0.474. The van der Waals surface area contributed by atoms with Crippen LogP contribution in [0.3, 0.4) is 0 Å². The van der Waals surface area contributed by atoms with Crippen LogP contribution in [0, 0.1) is 22.7 Å². The molecule has 0 saturated carbocycles. The van der Waals surface area contributed by atoms with Crippen LogP contribution in [0.15, 0.2) is 40.9 Å². The van der Waals surface area contributed by atoms with Crippen molar-refractivity contribution in [2.75, 3.05) is 0 Å². The second kappa shape index (κ2) is 4.91. The Morgan fingerprint density at radius 1 is 0.944 bits per heavy atom. The molecule has 0 aliphatic rings. The summed E-state index contributed by atoms with van der Waals surface area (Å²) in [6, 6.07) is 14.0. The number of phenolic OH excluding ortho intramolecular Hbond substituents is 1. The second-order valence-electron chi connectivity index (χ2n) is 3.66. The minimum absolute atomic E-state index is 0.0821. The summed E-state index contributed by atoms with van der Waals surface area (Å²) in [6.45, 7) is 0. The van der Waals surface area contributed by atoms with E-state index in [0.717, 1.165) is 5.56 Å². The first-order chi connectivity index (χ1) is 8.65. The van der Waals surface area contributed by atoms with Gasteiger partial charge in [0.25, 0.3) is 0 Å². The molecule has 0 unspecified atom stereocenters. The van der Waals surface area contributed by atoms with Crippen LogP contribution in [-0.4, -0.2) is 5.11 Å². The van der Waals surface area contributed by atoms with Crippen LogP contribution in [0.25, 0.3) is 11.1 Å². The van der Waals surface area contributed by atoms with Crippen molar-refractivity contribution in [3.8, 4) is 29.0 Å². The molecule has 86 valence electrons. The number of hydrogen-bond acceptors (Lipinski definition) is 3. The summed E-state index contributed by atoms with van der Waals surface area (Å²) in [4.78, 5) is 0. The van der Waals surface area contributed by atoms with E-state index >= 15 is 0 Å². The predicted octanol–water partition coefficient (Wildman–Crippen LogP) is 3.57. The molecule has 0 atom stereocenters. The second-order valence-corrected chi connectivity index (χ2v) is 4.51. The van der Waals surface area contributed by atoms with Gasteiger partial charge in [-0.2, -0.15) is 10.5 Å². The van der Waals surface area contributed by atoms with Crippen molar-refractivity contribution in [3.05, 3.63) is 52.0 Å². The summed E-state index contributed by atoms with van der Waals surface area (Å²) in [5.74, 6) is 0.0821. The van der Waals surface area contributed by atoms with Gasteiger partial charge < -0.3 is 5.11 Å². The maximum Gasteiger partial charge on any atom is 0.137 e. The third-order valence-corrected chi connectivity index (χ3v) is 3.12. The van der Waals surface area contributed by atoms with Crippen molar-refractivity contribution >= 4 is 15.9 Å². The monoisotopic (exact) mass is 298 g/mol. The number of nitrogens with zero attached hydrogens (tertiary/aromatic N) is 2. The zero-order valence-electron chi connectivity index (χ0n) is 9.18. The van der Waals surface area contributed by atoms with E-state index in [0.29, 0.717) is 21.2 Å². The fraction of sp³-hybridized carbons (Fsp3) is 0. The zero-order valence-corrected chi connectivity index (χ0v) is 10.8. The van der Waals surface area contributed by atoms with E-state index in [-0.39, 0.29) is 5.75 Å². The molecule has 4 heteroatoms. The minimum atomic E-state index is 0.0821. The molecule has 1 N–H and O–H groups in total. The van der Waals surface area contributed by atoms with Crippen molar-refractivity contribution in [1.29, 1.82) is 10.5 Å². The van der Waals surface area contributed by atoms with Crippen molar-refractivity contribution in [1.82, 2.24) is 0 Å². The van der Waals surface area contributed by atoms with Crippen LogP contribution < -0.4 is 0 Å². The Bertz CT molecular complexity index is 679. The van der Waals surface area contributed by atoms with Gasteiger partial charge in [-0.15, -0.1) is 0 Å². The largest absolute Gasteiger partial charge is 0.506 e. The van der Waals surface area contributed by atoms with Gasteiger partial charge in [0.1, 0.15) is 5.75 Å². The Kier molecular flexibility index (Phi) is 3.32. The number of phenols is 1. The maximum atomic E-state index is 9.98. The topological polar surface area (TPSA) is 67.8 Å². The molecule has 0 aliphatic carbocycles. The van der Waals surface area contributed by atoms with Gasteiger partial charge in [0.2, 0.25) is 0 Å². The molecule has 2 aromatic carbocycles. The highest BCUT2D eigenvalue weighted by molar-refractivity contribution is 9.10. The van der Waals surface area contributed by atoms with E-state index in [9.17, 15) is 5.11 Å². The number of rotatable bonds is 1. The standard InChI is InChI=1S/C14H7BrN2O/c15-13-6-10(8-17)5-12(14(13)18)11-3-1-9(7-16)2-4-11/h1-6,18H. The van der Waals surface area contributed by atoms with Crippen molar-refractivity contribution in [2.45, 2.75) is 0 Å². The molecule has 2 rings (SSSR count). The van der Waals surface area contributed by atoms with Gasteiger partial charge in [-0.3, -0.25) is 0 Å².